The number of ether oxygens (including phenoxy) is 1. The van der Waals surface area contributed by atoms with Crippen molar-refractivity contribution >= 4 is 17.6 Å². The van der Waals surface area contributed by atoms with Crippen LogP contribution in [-0.4, -0.2) is 38.6 Å². The van der Waals surface area contributed by atoms with E-state index in [0.717, 1.165) is 5.69 Å². The molecule has 0 bridgehead atoms. The van der Waals surface area contributed by atoms with Crippen LogP contribution in [0.5, 0.6) is 0 Å². The number of carbonyl (C=O) groups excluding carboxylic acids is 2. The van der Waals surface area contributed by atoms with E-state index in [-0.39, 0.29) is 30.9 Å². The van der Waals surface area contributed by atoms with E-state index in [2.05, 4.69) is 10.1 Å². The number of nitrogens with zero attached hydrogens (tertiary/aromatic N) is 1. The second kappa shape index (κ2) is 7.41. The van der Waals surface area contributed by atoms with E-state index in [1.165, 1.54) is 7.11 Å². The van der Waals surface area contributed by atoms with Crippen LogP contribution in [0.4, 0.5) is 5.69 Å². The normalized spacial score (nSPS) is 11.5. The fourth-order valence-corrected chi connectivity index (χ4v) is 1.69. The van der Waals surface area contributed by atoms with Gasteiger partial charge in [0.1, 0.15) is 0 Å². The number of methoxy groups -OCH3 is 1. The van der Waals surface area contributed by atoms with Gasteiger partial charge in [-0.2, -0.15) is 0 Å². The summed E-state index contributed by atoms with van der Waals surface area (Å²) in [6.45, 7) is 2.02. The van der Waals surface area contributed by atoms with E-state index in [1.807, 2.05) is 42.3 Å². The number of hydrogen-bond donors (Lipinski definition) is 1. The third-order valence-corrected chi connectivity index (χ3v) is 2.69. The molecule has 0 fully saturated rings. The summed E-state index contributed by atoms with van der Waals surface area (Å²) in [5.41, 5.74) is 0.971. The molecule has 0 unspecified atom stereocenters. The third kappa shape index (κ3) is 5.42. The van der Waals surface area contributed by atoms with Crippen LogP contribution in [0.1, 0.15) is 13.3 Å². The molecule has 0 spiro atoms. The molecule has 1 amide bonds. The number of esters is 1. The van der Waals surface area contributed by atoms with Gasteiger partial charge in [0.15, 0.2) is 0 Å². The topological polar surface area (TPSA) is 58.6 Å². The van der Waals surface area contributed by atoms with Crippen molar-refractivity contribution in [1.29, 1.82) is 0 Å². The molecule has 0 saturated heterocycles. The van der Waals surface area contributed by atoms with E-state index in [9.17, 15) is 9.59 Å². The number of para-hydroxylation sites is 1. The molecular formula is C14H20N2O3. The molecule has 0 aromatic heterocycles. The van der Waals surface area contributed by atoms with Crippen molar-refractivity contribution in [3.05, 3.63) is 30.3 Å². The minimum absolute atomic E-state index is 0.122. The van der Waals surface area contributed by atoms with Gasteiger partial charge in [-0.1, -0.05) is 18.2 Å². The Balaban J connectivity index is 2.41. The maximum Gasteiger partial charge on any atom is 0.307 e. The molecule has 5 heteroatoms. The Morgan fingerprint density at radius 2 is 1.95 bits per heavy atom. The van der Waals surface area contributed by atoms with Crippen LogP contribution in [-0.2, 0) is 14.3 Å². The van der Waals surface area contributed by atoms with Crippen LogP contribution >= 0.6 is 0 Å². The van der Waals surface area contributed by atoms with Crippen LogP contribution in [0.15, 0.2) is 30.3 Å². The smallest absolute Gasteiger partial charge is 0.307 e. The SMILES string of the molecule is COC(=O)C[C@@H](C)NC(=O)CN(C)c1ccccc1. The summed E-state index contributed by atoms with van der Waals surface area (Å²) in [5.74, 6) is -0.452. The minimum atomic E-state index is -0.329. The Kier molecular flexibility index (Phi) is 5.85. The van der Waals surface area contributed by atoms with E-state index in [1.54, 1.807) is 6.92 Å². The maximum absolute atomic E-state index is 11.8. The van der Waals surface area contributed by atoms with Crippen molar-refractivity contribution in [1.82, 2.24) is 5.32 Å². The highest BCUT2D eigenvalue weighted by Crippen LogP contribution is 2.10. The van der Waals surface area contributed by atoms with Crippen molar-refractivity contribution < 1.29 is 14.3 Å². The van der Waals surface area contributed by atoms with Gasteiger partial charge < -0.3 is 15.0 Å². The van der Waals surface area contributed by atoms with Gasteiger partial charge in [0, 0.05) is 18.8 Å². The lowest BCUT2D eigenvalue weighted by molar-refractivity contribution is -0.141. The van der Waals surface area contributed by atoms with Crippen molar-refractivity contribution in [2.24, 2.45) is 0 Å². The lowest BCUT2D eigenvalue weighted by Crippen LogP contribution is -2.40. The first-order valence-electron chi connectivity index (χ1n) is 6.15. The second-order valence-corrected chi connectivity index (χ2v) is 4.44. The first kappa shape index (κ1) is 15.0. The Morgan fingerprint density at radius 3 is 2.53 bits per heavy atom. The van der Waals surface area contributed by atoms with E-state index < -0.39 is 0 Å². The molecule has 1 aromatic carbocycles. The maximum atomic E-state index is 11.8. The molecule has 0 saturated carbocycles. The standard InChI is InChI=1S/C14H20N2O3/c1-11(9-14(18)19-3)15-13(17)10-16(2)12-7-5-4-6-8-12/h4-8,11H,9-10H2,1-3H3,(H,15,17)/t11-/m1/s1. The first-order valence-corrected chi connectivity index (χ1v) is 6.15. The molecule has 0 aliphatic rings. The number of carbonyl (C=O) groups is 2. The predicted molar refractivity (Wildman–Crippen MR) is 73.9 cm³/mol. The summed E-state index contributed by atoms with van der Waals surface area (Å²) in [5, 5.41) is 2.76. The van der Waals surface area contributed by atoms with Crippen molar-refractivity contribution in [3.63, 3.8) is 0 Å². The Labute approximate surface area is 113 Å². The molecule has 5 nitrogen and oxygen atoms in total. The van der Waals surface area contributed by atoms with Gasteiger partial charge in [-0.25, -0.2) is 0 Å². The number of nitrogens with one attached hydrogen (secondary N) is 1. The van der Waals surface area contributed by atoms with Crippen molar-refractivity contribution in [3.8, 4) is 0 Å². The molecule has 1 rings (SSSR count). The lowest BCUT2D eigenvalue weighted by Gasteiger charge is -2.20. The number of likely N-dealkylation sites (N-methyl/N-ethyl adjacent to an activating group) is 1. The van der Waals surface area contributed by atoms with E-state index >= 15 is 0 Å². The van der Waals surface area contributed by atoms with Crippen LogP contribution < -0.4 is 10.2 Å². The Morgan fingerprint density at radius 1 is 1.32 bits per heavy atom. The minimum Gasteiger partial charge on any atom is -0.469 e. The van der Waals surface area contributed by atoms with E-state index in [0.29, 0.717) is 0 Å². The van der Waals surface area contributed by atoms with Gasteiger partial charge in [-0.3, -0.25) is 9.59 Å². The predicted octanol–water partition coefficient (Wildman–Crippen LogP) is 1.19. The molecule has 104 valence electrons. The van der Waals surface area contributed by atoms with E-state index in [4.69, 9.17) is 0 Å². The van der Waals surface area contributed by atoms with Crippen molar-refractivity contribution in [2.75, 3.05) is 25.6 Å². The molecule has 19 heavy (non-hydrogen) atoms. The molecule has 0 heterocycles. The van der Waals surface area contributed by atoms with Crippen LogP contribution in [0.2, 0.25) is 0 Å². The molecule has 0 aliphatic carbocycles. The monoisotopic (exact) mass is 264 g/mol. The summed E-state index contributed by atoms with van der Waals surface area (Å²) in [6.07, 6.45) is 0.178. The largest absolute Gasteiger partial charge is 0.469 e. The lowest BCUT2D eigenvalue weighted by atomic mass is 10.2. The summed E-state index contributed by atoms with van der Waals surface area (Å²) in [6, 6.07) is 9.41. The highest BCUT2D eigenvalue weighted by atomic mass is 16.5. The molecule has 1 N–H and O–H groups in total. The molecule has 0 aliphatic heterocycles. The molecule has 1 atom stereocenters. The molecule has 0 radical (unpaired) electrons. The average Bonchev–Trinajstić information content (AvgIpc) is 2.39. The zero-order valence-corrected chi connectivity index (χ0v) is 11.6. The zero-order chi connectivity index (χ0) is 14.3. The van der Waals surface area contributed by atoms with Crippen molar-refractivity contribution in [2.45, 2.75) is 19.4 Å². The Bertz CT molecular complexity index is 420. The molecule has 1 aromatic rings. The van der Waals surface area contributed by atoms with Crippen LogP contribution in [0, 0.1) is 0 Å². The van der Waals surface area contributed by atoms with Crippen LogP contribution in [0.3, 0.4) is 0 Å². The summed E-state index contributed by atoms with van der Waals surface area (Å²) < 4.78 is 4.55. The highest BCUT2D eigenvalue weighted by Gasteiger charge is 2.13. The average molecular weight is 264 g/mol. The van der Waals surface area contributed by atoms with Crippen LogP contribution in [0.25, 0.3) is 0 Å². The highest BCUT2D eigenvalue weighted by molar-refractivity contribution is 5.82. The van der Waals surface area contributed by atoms with Gasteiger partial charge in [0.05, 0.1) is 20.1 Å². The summed E-state index contributed by atoms with van der Waals surface area (Å²) >= 11 is 0. The third-order valence-electron chi connectivity index (χ3n) is 2.69. The van der Waals surface area contributed by atoms with Gasteiger partial charge in [-0.15, -0.1) is 0 Å². The summed E-state index contributed by atoms with van der Waals surface area (Å²) in [4.78, 5) is 24.7. The quantitative estimate of drug-likeness (QED) is 0.784. The zero-order valence-electron chi connectivity index (χ0n) is 11.6. The fourth-order valence-electron chi connectivity index (χ4n) is 1.69. The van der Waals surface area contributed by atoms with Gasteiger partial charge >= 0.3 is 5.97 Å². The first-order chi connectivity index (χ1) is 9.02. The number of hydrogen-bond acceptors (Lipinski definition) is 4. The number of amides is 1. The Hall–Kier alpha value is -2.04. The van der Waals surface area contributed by atoms with Gasteiger partial charge in [0.2, 0.25) is 5.91 Å². The number of benzene rings is 1. The van der Waals surface area contributed by atoms with Gasteiger partial charge in [0.25, 0.3) is 0 Å². The van der Waals surface area contributed by atoms with Gasteiger partial charge in [-0.05, 0) is 19.1 Å². The summed E-state index contributed by atoms with van der Waals surface area (Å²) in [7, 11) is 3.18. The second-order valence-electron chi connectivity index (χ2n) is 4.44. The molecular weight excluding hydrogens is 244 g/mol. The fraction of sp³-hybridized carbons (Fsp3) is 0.429. The number of rotatable bonds is 6. The number of anilines is 1.